The van der Waals surface area contributed by atoms with Crippen LogP contribution in [-0.2, 0) is 14.3 Å². The molecule has 2 fully saturated rings. The van der Waals surface area contributed by atoms with Crippen molar-refractivity contribution in [3.05, 3.63) is 0 Å². The molecule has 1 aliphatic heterocycles. The summed E-state index contributed by atoms with van der Waals surface area (Å²) in [6.45, 7) is 5.75. The summed E-state index contributed by atoms with van der Waals surface area (Å²) in [6, 6.07) is 0. The van der Waals surface area contributed by atoms with Gasteiger partial charge in [-0.05, 0) is 39.2 Å². The molecule has 0 aromatic heterocycles. The van der Waals surface area contributed by atoms with Crippen molar-refractivity contribution in [2.45, 2.75) is 52.1 Å². The van der Waals surface area contributed by atoms with Crippen LogP contribution in [0, 0.1) is 11.3 Å². The van der Waals surface area contributed by atoms with Gasteiger partial charge >= 0.3 is 5.97 Å². The third-order valence-corrected chi connectivity index (χ3v) is 4.47. The molecule has 5 nitrogen and oxygen atoms in total. The molecule has 1 saturated heterocycles. The maximum Gasteiger partial charge on any atom is 0.307 e. The van der Waals surface area contributed by atoms with E-state index in [1.807, 2.05) is 13.8 Å². The molecule has 1 saturated carbocycles. The van der Waals surface area contributed by atoms with Gasteiger partial charge in [-0.2, -0.15) is 0 Å². The van der Waals surface area contributed by atoms with Crippen molar-refractivity contribution >= 4 is 24.3 Å². The molecule has 0 aromatic rings. The summed E-state index contributed by atoms with van der Waals surface area (Å²) in [7, 11) is 0. The summed E-state index contributed by atoms with van der Waals surface area (Å²) in [5.74, 6) is 0.325. The molecule has 1 aliphatic carbocycles. The average molecular weight is 319 g/mol. The van der Waals surface area contributed by atoms with Crippen molar-refractivity contribution in [2.75, 3.05) is 19.6 Å². The van der Waals surface area contributed by atoms with Crippen molar-refractivity contribution < 1.29 is 14.3 Å². The van der Waals surface area contributed by atoms with E-state index in [0.717, 1.165) is 32.4 Å². The van der Waals surface area contributed by atoms with Crippen LogP contribution in [-0.4, -0.2) is 37.6 Å². The largest absolute Gasteiger partial charge is 0.463 e. The molecule has 21 heavy (non-hydrogen) atoms. The van der Waals surface area contributed by atoms with Gasteiger partial charge in [-0.25, -0.2) is 0 Å². The van der Waals surface area contributed by atoms with Crippen LogP contribution in [0.25, 0.3) is 0 Å². The molecular formula is C15H27ClN2O3. The first-order valence-corrected chi connectivity index (χ1v) is 7.73. The minimum atomic E-state index is -0.248. The third-order valence-electron chi connectivity index (χ3n) is 4.47. The van der Waals surface area contributed by atoms with E-state index in [-0.39, 0.29) is 42.2 Å². The number of hydrogen-bond donors (Lipinski definition) is 2. The van der Waals surface area contributed by atoms with E-state index in [2.05, 4.69) is 10.6 Å². The minimum absolute atomic E-state index is 0. The van der Waals surface area contributed by atoms with Crippen molar-refractivity contribution in [1.82, 2.24) is 10.6 Å². The van der Waals surface area contributed by atoms with Crippen molar-refractivity contribution in [3.63, 3.8) is 0 Å². The van der Waals surface area contributed by atoms with Crippen LogP contribution in [0.3, 0.4) is 0 Å². The Hall–Kier alpha value is -0.810. The Bertz CT molecular complexity index is 376. The zero-order valence-corrected chi connectivity index (χ0v) is 13.8. The molecule has 1 heterocycles. The lowest BCUT2D eigenvalue weighted by Crippen LogP contribution is -2.48. The number of fused-ring (bicyclic) bond motifs is 1. The summed E-state index contributed by atoms with van der Waals surface area (Å²) in [5, 5.41) is 6.30. The SMILES string of the molecule is CC(C)OC(=O)CCNC(=O)[C@@]12CCCC[C@H]1CNC2.Cl. The first-order chi connectivity index (χ1) is 9.54. The molecule has 0 unspecified atom stereocenters. The van der Waals surface area contributed by atoms with Crippen LogP contribution in [0.4, 0.5) is 0 Å². The summed E-state index contributed by atoms with van der Waals surface area (Å²) >= 11 is 0. The van der Waals surface area contributed by atoms with Gasteiger partial charge in [-0.3, -0.25) is 9.59 Å². The lowest BCUT2D eigenvalue weighted by Gasteiger charge is -2.37. The second-order valence-electron chi connectivity index (χ2n) is 6.27. The Morgan fingerprint density at radius 1 is 1.38 bits per heavy atom. The van der Waals surface area contributed by atoms with Crippen LogP contribution in [0.1, 0.15) is 46.0 Å². The zero-order valence-electron chi connectivity index (χ0n) is 12.9. The third kappa shape index (κ3) is 4.33. The lowest BCUT2D eigenvalue weighted by molar-refractivity contribution is -0.147. The molecule has 1 amide bonds. The topological polar surface area (TPSA) is 67.4 Å². The molecule has 0 aromatic carbocycles. The quantitative estimate of drug-likeness (QED) is 0.756. The predicted octanol–water partition coefficient (Wildman–Crippen LogP) is 1.65. The highest BCUT2D eigenvalue weighted by Crippen LogP contribution is 2.43. The Kier molecular flexibility index (Phi) is 6.94. The minimum Gasteiger partial charge on any atom is -0.463 e. The van der Waals surface area contributed by atoms with E-state index in [1.165, 1.54) is 6.42 Å². The number of carbonyl (C=O) groups excluding carboxylic acids is 2. The van der Waals surface area contributed by atoms with Crippen LogP contribution in [0.2, 0.25) is 0 Å². The maximum atomic E-state index is 12.5. The fourth-order valence-corrected chi connectivity index (χ4v) is 3.47. The standard InChI is InChI=1S/C15H26N2O3.ClH/c1-11(2)20-13(18)6-8-17-14(19)15-7-4-3-5-12(15)9-16-10-15;/h11-12,16H,3-10H2,1-2H3,(H,17,19);1H/t12-,15+;/m0./s1. The monoisotopic (exact) mass is 318 g/mol. The summed E-state index contributed by atoms with van der Waals surface area (Å²) < 4.78 is 5.06. The smallest absolute Gasteiger partial charge is 0.307 e. The number of nitrogens with one attached hydrogen (secondary N) is 2. The molecule has 0 bridgehead atoms. The first-order valence-electron chi connectivity index (χ1n) is 7.73. The molecule has 2 aliphatic rings. The van der Waals surface area contributed by atoms with Gasteiger partial charge in [-0.1, -0.05) is 12.8 Å². The van der Waals surface area contributed by atoms with Gasteiger partial charge in [0.15, 0.2) is 0 Å². The van der Waals surface area contributed by atoms with Gasteiger partial charge in [0.2, 0.25) is 5.91 Å². The van der Waals surface area contributed by atoms with Gasteiger partial charge in [0.1, 0.15) is 0 Å². The maximum absolute atomic E-state index is 12.5. The highest BCUT2D eigenvalue weighted by Gasteiger charge is 2.49. The number of hydrogen-bond acceptors (Lipinski definition) is 4. The Balaban J connectivity index is 0.00000220. The fourth-order valence-electron chi connectivity index (χ4n) is 3.47. The summed E-state index contributed by atoms with van der Waals surface area (Å²) in [4.78, 5) is 24.0. The number of esters is 1. The summed E-state index contributed by atoms with van der Waals surface area (Å²) in [5.41, 5.74) is -0.236. The van der Waals surface area contributed by atoms with Crippen LogP contribution in [0.15, 0.2) is 0 Å². The highest BCUT2D eigenvalue weighted by molar-refractivity contribution is 5.85. The van der Waals surface area contributed by atoms with Crippen LogP contribution in [0.5, 0.6) is 0 Å². The van der Waals surface area contributed by atoms with E-state index in [0.29, 0.717) is 12.5 Å². The van der Waals surface area contributed by atoms with Gasteiger partial charge in [0, 0.05) is 13.1 Å². The number of rotatable bonds is 5. The van der Waals surface area contributed by atoms with Gasteiger partial charge in [0.25, 0.3) is 0 Å². The zero-order chi connectivity index (χ0) is 14.6. The van der Waals surface area contributed by atoms with Crippen LogP contribution >= 0.6 is 12.4 Å². The Morgan fingerprint density at radius 2 is 2.14 bits per heavy atom. The average Bonchev–Trinajstić information content (AvgIpc) is 2.82. The Morgan fingerprint density at radius 3 is 2.86 bits per heavy atom. The Labute approximate surface area is 133 Å². The van der Waals surface area contributed by atoms with Gasteiger partial charge < -0.3 is 15.4 Å². The van der Waals surface area contributed by atoms with E-state index in [4.69, 9.17) is 4.74 Å². The van der Waals surface area contributed by atoms with Gasteiger partial charge in [-0.15, -0.1) is 12.4 Å². The molecule has 0 spiro atoms. The second kappa shape index (κ2) is 7.99. The number of halogens is 1. The number of ether oxygens (including phenoxy) is 1. The molecule has 2 rings (SSSR count). The number of amides is 1. The van der Waals surface area contributed by atoms with E-state index in [9.17, 15) is 9.59 Å². The second-order valence-corrected chi connectivity index (χ2v) is 6.27. The van der Waals surface area contributed by atoms with E-state index < -0.39 is 0 Å². The fraction of sp³-hybridized carbons (Fsp3) is 0.867. The van der Waals surface area contributed by atoms with Crippen LogP contribution < -0.4 is 10.6 Å². The molecule has 0 radical (unpaired) electrons. The van der Waals surface area contributed by atoms with Crippen molar-refractivity contribution in [1.29, 1.82) is 0 Å². The normalized spacial score (nSPS) is 27.7. The summed E-state index contributed by atoms with van der Waals surface area (Å²) in [6.07, 6.45) is 4.60. The molecule has 2 N–H and O–H groups in total. The molecular weight excluding hydrogens is 292 g/mol. The molecule has 122 valence electrons. The van der Waals surface area contributed by atoms with Crippen molar-refractivity contribution in [3.8, 4) is 0 Å². The van der Waals surface area contributed by atoms with Gasteiger partial charge in [0.05, 0.1) is 17.9 Å². The molecule has 2 atom stereocenters. The predicted molar refractivity (Wildman–Crippen MR) is 83.4 cm³/mol. The first kappa shape index (κ1) is 18.2. The van der Waals surface area contributed by atoms with E-state index in [1.54, 1.807) is 0 Å². The number of carbonyl (C=O) groups is 2. The highest BCUT2D eigenvalue weighted by atomic mass is 35.5. The van der Waals surface area contributed by atoms with Crippen molar-refractivity contribution in [2.24, 2.45) is 11.3 Å². The lowest BCUT2D eigenvalue weighted by atomic mass is 9.67. The van der Waals surface area contributed by atoms with E-state index >= 15 is 0 Å². The molecule has 6 heteroatoms.